The Morgan fingerprint density at radius 2 is 1.95 bits per heavy atom. The summed E-state index contributed by atoms with van der Waals surface area (Å²) in [4.78, 5) is 25.1. The van der Waals surface area contributed by atoms with Crippen molar-refractivity contribution in [1.29, 1.82) is 0 Å². The van der Waals surface area contributed by atoms with Crippen LogP contribution in [0.4, 0.5) is 0 Å². The van der Waals surface area contributed by atoms with Gasteiger partial charge in [-0.25, -0.2) is 4.79 Å². The van der Waals surface area contributed by atoms with E-state index in [1.54, 1.807) is 4.90 Å². The quantitative estimate of drug-likeness (QED) is 0.922. The van der Waals surface area contributed by atoms with E-state index >= 15 is 0 Å². The van der Waals surface area contributed by atoms with Gasteiger partial charge in [-0.2, -0.15) is 0 Å². The van der Waals surface area contributed by atoms with E-state index in [9.17, 15) is 9.59 Å². The van der Waals surface area contributed by atoms with Crippen LogP contribution in [-0.2, 0) is 9.59 Å². The number of hydrogen-bond acceptors (Lipinski definition) is 2. The molecule has 20 heavy (non-hydrogen) atoms. The van der Waals surface area contributed by atoms with Crippen LogP contribution >= 0.6 is 15.9 Å². The standard InChI is InChI=1S/C15H16BrNO3/c16-10-5-3-9(4-6-10)11-8-12(11)14(18)17-7-1-2-13(17)15(19)20/h3-6,11-13H,1-2,7-8H2,(H,19,20)/t11-,12+,13+/m1/s1. The van der Waals surface area contributed by atoms with E-state index in [-0.39, 0.29) is 17.7 Å². The van der Waals surface area contributed by atoms with Crippen molar-refractivity contribution in [2.45, 2.75) is 31.2 Å². The minimum Gasteiger partial charge on any atom is -0.480 e. The van der Waals surface area contributed by atoms with Gasteiger partial charge in [-0.15, -0.1) is 0 Å². The molecule has 4 nitrogen and oxygen atoms in total. The summed E-state index contributed by atoms with van der Waals surface area (Å²) in [5, 5.41) is 9.15. The van der Waals surface area contributed by atoms with Crippen LogP contribution < -0.4 is 0 Å². The second kappa shape index (κ2) is 5.20. The summed E-state index contributed by atoms with van der Waals surface area (Å²) in [6, 6.07) is 7.39. The van der Waals surface area contributed by atoms with Crippen molar-refractivity contribution in [3.63, 3.8) is 0 Å². The maximum Gasteiger partial charge on any atom is 0.326 e. The maximum atomic E-state index is 12.4. The summed E-state index contributed by atoms with van der Waals surface area (Å²) in [6.07, 6.45) is 2.21. The molecule has 1 aromatic rings. The minimum atomic E-state index is -0.878. The highest BCUT2D eigenvalue weighted by atomic mass is 79.9. The summed E-state index contributed by atoms with van der Waals surface area (Å²) < 4.78 is 1.02. The normalized spacial score (nSPS) is 28.4. The van der Waals surface area contributed by atoms with Crippen molar-refractivity contribution in [2.75, 3.05) is 6.54 Å². The Balaban J connectivity index is 1.68. The van der Waals surface area contributed by atoms with Gasteiger partial charge in [-0.1, -0.05) is 28.1 Å². The average Bonchev–Trinajstić information content (AvgIpc) is 3.06. The smallest absolute Gasteiger partial charge is 0.326 e. The van der Waals surface area contributed by atoms with Crippen LogP contribution in [0, 0.1) is 5.92 Å². The molecule has 1 aliphatic carbocycles. The molecule has 0 bridgehead atoms. The number of nitrogens with zero attached hydrogens (tertiary/aromatic N) is 1. The SMILES string of the molecule is O=C(O)[C@@H]1CCCN1C(=O)[C@H]1C[C@@H]1c1ccc(Br)cc1. The molecule has 1 amide bonds. The number of carboxylic acids is 1. The number of carbonyl (C=O) groups is 2. The average molecular weight is 338 g/mol. The molecular formula is C15H16BrNO3. The maximum absolute atomic E-state index is 12.4. The first-order valence-corrected chi connectivity index (χ1v) is 7.66. The first kappa shape index (κ1) is 13.6. The van der Waals surface area contributed by atoms with Crippen LogP contribution in [0.3, 0.4) is 0 Å². The van der Waals surface area contributed by atoms with Crippen molar-refractivity contribution in [3.05, 3.63) is 34.3 Å². The molecule has 2 fully saturated rings. The third-order valence-electron chi connectivity index (χ3n) is 4.23. The third kappa shape index (κ3) is 2.46. The zero-order valence-corrected chi connectivity index (χ0v) is 12.5. The molecule has 2 aliphatic rings. The van der Waals surface area contributed by atoms with E-state index in [0.717, 1.165) is 22.9 Å². The molecular weight excluding hydrogens is 322 g/mol. The van der Waals surface area contributed by atoms with Crippen LogP contribution in [0.5, 0.6) is 0 Å². The van der Waals surface area contributed by atoms with Crippen LogP contribution in [-0.4, -0.2) is 34.5 Å². The number of likely N-dealkylation sites (tertiary alicyclic amines) is 1. The highest BCUT2D eigenvalue weighted by molar-refractivity contribution is 9.10. The van der Waals surface area contributed by atoms with E-state index in [0.29, 0.717) is 13.0 Å². The number of amides is 1. The highest BCUT2D eigenvalue weighted by Crippen LogP contribution is 2.49. The second-order valence-corrected chi connectivity index (χ2v) is 6.44. The van der Waals surface area contributed by atoms with E-state index < -0.39 is 12.0 Å². The Morgan fingerprint density at radius 3 is 2.60 bits per heavy atom. The van der Waals surface area contributed by atoms with Gasteiger partial charge in [0.25, 0.3) is 0 Å². The summed E-state index contributed by atoms with van der Waals surface area (Å²) in [5.74, 6) is -0.638. The Kier molecular flexibility index (Phi) is 3.54. The van der Waals surface area contributed by atoms with Crippen LogP contribution in [0.15, 0.2) is 28.7 Å². The predicted octanol–water partition coefficient (Wildman–Crippen LogP) is 2.63. The Labute approximate surface area is 125 Å². The molecule has 0 aromatic heterocycles. The monoisotopic (exact) mass is 337 g/mol. The molecule has 1 aliphatic heterocycles. The minimum absolute atomic E-state index is 0.0165. The van der Waals surface area contributed by atoms with Gasteiger partial charge in [-0.3, -0.25) is 4.79 Å². The highest BCUT2D eigenvalue weighted by Gasteiger charge is 2.48. The lowest BCUT2D eigenvalue weighted by atomic mass is 10.1. The molecule has 1 saturated carbocycles. The van der Waals surface area contributed by atoms with Gasteiger partial charge in [0.15, 0.2) is 0 Å². The van der Waals surface area contributed by atoms with E-state index in [1.165, 1.54) is 0 Å². The van der Waals surface area contributed by atoms with Crippen LogP contribution in [0.2, 0.25) is 0 Å². The fourth-order valence-electron chi connectivity index (χ4n) is 3.05. The number of benzene rings is 1. The third-order valence-corrected chi connectivity index (χ3v) is 4.76. The molecule has 1 N–H and O–H groups in total. The van der Waals surface area contributed by atoms with Gasteiger partial charge in [-0.05, 0) is 42.9 Å². The Morgan fingerprint density at radius 1 is 1.25 bits per heavy atom. The first-order valence-electron chi connectivity index (χ1n) is 6.86. The number of hydrogen-bond donors (Lipinski definition) is 1. The van der Waals surface area contributed by atoms with Crippen molar-refractivity contribution in [1.82, 2.24) is 4.90 Å². The van der Waals surface area contributed by atoms with Crippen molar-refractivity contribution >= 4 is 27.8 Å². The molecule has 106 valence electrons. The molecule has 3 rings (SSSR count). The van der Waals surface area contributed by atoms with Gasteiger partial charge >= 0.3 is 5.97 Å². The molecule has 0 unspecified atom stereocenters. The molecule has 5 heteroatoms. The van der Waals surface area contributed by atoms with Crippen molar-refractivity contribution in [3.8, 4) is 0 Å². The van der Waals surface area contributed by atoms with Gasteiger partial charge in [0.1, 0.15) is 6.04 Å². The Bertz CT molecular complexity index is 543. The predicted molar refractivity (Wildman–Crippen MR) is 77.4 cm³/mol. The lowest BCUT2D eigenvalue weighted by Crippen LogP contribution is -2.41. The number of carbonyl (C=O) groups excluding carboxylic acids is 1. The van der Waals surface area contributed by atoms with Crippen molar-refractivity contribution in [2.24, 2.45) is 5.92 Å². The second-order valence-electron chi connectivity index (χ2n) is 5.53. The summed E-state index contributed by atoms with van der Waals surface area (Å²) in [5.41, 5.74) is 1.16. The zero-order chi connectivity index (χ0) is 14.3. The van der Waals surface area contributed by atoms with Gasteiger partial charge in [0, 0.05) is 16.9 Å². The molecule has 3 atom stereocenters. The molecule has 1 heterocycles. The number of rotatable bonds is 3. The van der Waals surface area contributed by atoms with Crippen molar-refractivity contribution < 1.29 is 14.7 Å². The lowest BCUT2D eigenvalue weighted by Gasteiger charge is -2.21. The topological polar surface area (TPSA) is 57.6 Å². The molecule has 1 aromatic carbocycles. The summed E-state index contributed by atoms with van der Waals surface area (Å²) in [7, 11) is 0. The van der Waals surface area contributed by atoms with Crippen LogP contribution in [0.25, 0.3) is 0 Å². The fourth-order valence-corrected chi connectivity index (χ4v) is 3.31. The molecule has 0 spiro atoms. The largest absolute Gasteiger partial charge is 0.480 e. The van der Waals surface area contributed by atoms with E-state index in [4.69, 9.17) is 5.11 Å². The lowest BCUT2D eigenvalue weighted by molar-refractivity contribution is -0.148. The van der Waals surface area contributed by atoms with E-state index in [2.05, 4.69) is 15.9 Å². The van der Waals surface area contributed by atoms with E-state index in [1.807, 2.05) is 24.3 Å². The number of aliphatic carboxylic acids is 1. The van der Waals surface area contributed by atoms with Gasteiger partial charge in [0.2, 0.25) is 5.91 Å². The summed E-state index contributed by atoms with van der Waals surface area (Å²) in [6.45, 7) is 0.583. The number of halogens is 1. The number of carboxylic acid groups (broad SMARTS) is 1. The summed E-state index contributed by atoms with van der Waals surface area (Å²) >= 11 is 3.40. The zero-order valence-electron chi connectivity index (χ0n) is 11.0. The molecule has 0 radical (unpaired) electrons. The molecule has 1 saturated heterocycles. The van der Waals surface area contributed by atoms with Crippen LogP contribution in [0.1, 0.15) is 30.7 Å². The first-order chi connectivity index (χ1) is 9.58. The van der Waals surface area contributed by atoms with Gasteiger partial charge < -0.3 is 10.0 Å². The Hall–Kier alpha value is -1.36. The van der Waals surface area contributed by atoms with Gasteiger partial charge in [0.05, 0.1) is 0 Å². The fraction of sp³-hybridized carbons (Fsp3) is 0.467.